The standard InChI is InChI=1S/C28H30Cl3NO4/c1-27-14-13-21-20-10-8-19(35-16-17-5-3-2-4-6-17)15-18(20)7-9-22(21)23(27)11-12-24(27)36-26(34)32-25(33)28(29,30)31/h2-6,8,10,15,21-24H,7,9,11-14,16H2,1H3,(H,32,33,34)/t21-,22-,23+,24+,27+/m1/s1. The average molecular weight is 551 g/mol. The number of halogens is 3. The highest BCUT2D eigenvalue weighted by atomic mass is 35.6. The predicted molar refractivity (Wildman–Crippen MR) is 141 cm³/mol. The van der Waals surface area contributed by atoms with Gasteiger partial charge in [0.05, 0.1) is 0 Å². The molecule has 0 saturated heterocycles. The van der Waals surface area contributed by atoms with Gasteiger partial charge in [0.2, 0.25) is 0 Å². The lowest BCUT2D eigenvalue weighted by molar-refractivity contribution is -0.120. The van der Waals surface area contributed by atoms with Gasteiger partial charge in [-0.05, 0) is 85.1 Å². The number of imide groups is 1. The number of rotatable bonds is 4. The van der Waals surface area contributed by atoms with E-state index in [4.69, 9.17) is 44.3 Å². The molecule has 0 unspecified atom stereocenters. The summed E-state index contributed by atoms with van der Waals surface area (Å²) >= 11 is 16.7. The maximum atomic E-state index is 12.4. The van der Waals surface area contributed by atoms with Gasteiger partial charge >= 0.3 is 6.09 Å². The van der Waals surface area contributed by atoms with Crippen molar-refractivity contribution in [3.63, 3.8) is 0 Å². The highest BCUT2D eigenvalue weighted by Gasteiger charge is 2.56. The molecule has 2 saturated carbocycles. The molecule has 2 amide bonds. The first-order chi connectivity index (χ1) is 17.1. The van der Waals surface area contributed by atoms with E-state index in [0.29, 0.717) is 24.4 Å². The highest BCUT2D eigenvalue weighted by molar-refractivity contribution is 6.76. The Morgan fingerprint density at radius 1 is 1.06 bits per heavy atom. The molecular weight excluding hydrogens is 521 g/mol. The lowest BCUT2D eigenvalue weighted by Gasteiger charge is -2.50. The number of alkyl carbamates (subject to hydrolysis) is 1. The summed E-state index contributed by atoms with van der Waals surface area (Å²) in [5, 5.41) is 2.05. The number of aryl methyl sites for hydroxylation is 1. The van der Waals surface area contributed by atoms with Gasteiger partial charge in [0.15, 0.2) is 0 Å². The van der Waals surface area contributed by atoms with Crippen molar-refractivity contribution in [2.75, 3.05) is 0 Å². The number of carbonyl (C=O) groups is 2. The number of amides is 2. The first-order valence-electron chi connectivity index (χ1n) is 12.5. The molecule has 2 fully saturated rings. The zero-order chi connectivity index (χ0) is 25.5. The summed E-state index contributed by atoms with van der Waals surface area (Å²) in [4.78, 5) is 24.2. The Kier molecular flexibility index (Phi) is 7.19. The summed E-state index contributed by atoms with van der Waals surface area (Å²) in [5.74, 6) is 1.43. The fourth-order valence-corrected chi connectivity index (χ4v) is 7.00. The SMILES string of the molecule is C[C@]12CC[C@@H]3c4ccc(OCc5ccccc5)cc4CC[C@H]3[C@@H]1CC[C@@H]2OC(=O)NC(=O)C(Cl)(Cl)Cl. The maximum Gasteiger partial charge on any atom is 0.414 e. The Morgan fingerprint density at radius 2 is 1.83 bits per heavy atom. The van der Waals surface area contributed by atoms with E-state index in [1.54, 1.807) is 0 Å². The molecule has 0 aromatic heterocycles. The van der Waals surface area contributed by atoms with Crippen LogP contribution >= 0.6 is 34.8 Å². The number of alkyl halides is 3. The number of hydrogen-bond acceptors (Lipinski definition) is 4. The van der Waals surface area contributed by atoms with E-state index < -0.39 is 15.8 Å². The van der Waals surface area contributed by atoms with E-state index >= 15 is 0 Å². The van der Waals surface area contributed by atoms with Crippen molar-refractivity contribution in [2.24, 2.45) is 17.3 Å². The van der Waals surface area contributed by atoms with Crippen LogP contribution < -0.4 is 10.1 Å². The smallest absolute Gasteiger partial charge is 0.414 e. The second kappa shape index (κ2) is 10.1. The normalized spacial score (nSPS) is 28.9. The van der Waals surface area contributed by atoms with Crippen LogP contribution in [0.3, 0.4) is 0 Å². The lowest BCUT2D eigenvalue weighted by atomic mass is 9.55. The summed E-state index contributed by atoms with van der Waals surface area (Å²) in [6.07, 6.45) is 4.81. The molecule has 5 nitrogen and oxygen atoms in total. The number of ether oxygens (including phenoxy) is 2. The Morgan fingerprint density at radius 3 is 2.58 bits per heavy atom. The molecule has 0 radical (unpaired) electrons. The molecule has 192 valence electrons. The molecular formula is C28H30Cl3NO4. The molecule has 2 aromatic rings. The van der Waals surface area contributed by atoms with Gasteiger partial charge < -0.3 is 9.47 Å². The Labute approximate surface area is 226 Å². The van der Waals surface area contributed by atoms with Crippen LogP contribution in [0, 0.1) is 17.3 Å². The van der Waals surface area contributed by atoms with Crippen molar-refractivity contribution in [1.29, 1.82) is 0 Å². The summed E-state index contributed by atoms with van der Waals surface area (Å²) in [5.41, 5.74) is 3.86. The van der Waals surface area contributed by atoms with Crippen molar-refractivity contribution < 1.29 is 19.1 Å². The van der Waals surface area contributed by atoms with Crippen LogP contribution in [0.25, 0.3) is 0 Å². The van der Waals surface area contributed by atoms with Crippen molar-refractivity contribution in [2.45, 2.75) is 67.9 Å². The molecule has 8 heteroatoms. The van der Waals surface area contributed by atoms with Crippen LogP contribution in [0.5, 0.6) is 5.75 Å². The van der Waals surface area contributed by atoms with Crippen molar-refractivity contribution in [3.05, 3.63) is 65.2 Å². The van der Waals surface area contributed by atoms with Gasteiger partial charge in [-0.15, -0.1) is 0 Å². The van der Waals surface area contributed by atoms with E-state index in [-0.39, 0.29) is 11.5 Å². The van der Waals surface area contributed by atoms with Crippen molar-refractivity contribution >= 4 is 46.8 Å². The molecule has 5 atom stereocenters. The number of carbonyl (C=O) groups excluding carboxylic acids is 2. The molecule has 5 rings (SSSR count). The van der Waals surface area contributed by atoms with Crippen LogP contribution in [0.2, 0.25) is 0 Å². The lowest BCUT2D eigenvalue weighted by Crippen LogP contribution is -2.47. The van der Waals surface area contributed by atoms with Crippen LogP contribution in [0.15, 0.2) is 48.5 Å². The average Bonchev–Trinajstić information content (AvgIpc) is 3.18. The van der Waals surface area contributed by atoms with Crippen LogP contribution in [-0.2, 0) is 22.6 Å². The van der Waals surface area contributed by atoms with Crippen LogP contribution in [0.4, 0.5) is 4.79 Å². The molecule has 2 aromatic carbocycles. The van der Waals surface area contributed by atoms with E-state index in [9.17, 15) is 9.59 Å². The second-order valence-electron chi connectivity index (χ2n) is 10.5. The second-order valence-corrected chi connectivity index (χ2v) is 12.8. The Bertz CT molecular complexity index is 1140. The third-order valence-electron chi connectivity index (χ3n) is 8.58. The Hall–Kier alpha value is -1.95. The molecule has 0 aliphatic heterocycles. The number of hydrogen-bond donors (Lipinski definition) is 1. The molecule has 0 heterocycles. The maximum absolute atomic E-state index is 12.4. The van der Waals surface area contributed by atoms with Crippen molar-refractivity contribution in [3.8, 4) is 5.75 Å². The summed E-state index contributed by atoms with van der Waals surface area (Å²) in [7, 11) is 0. The fourth-order valence-electron chi connectivity index (χ4n) is 6.86. The zero-order valence-corrected chi connectivity index (χ0v) is 22.4. The first-order valence-corrected chi connectivity index (χ1v) is 13.7. The quantitative estimate of drug-likeness (QED) is 0.412. The van der Waals surface area contributed by atoms with Crippen LogP contribution in [-0.4, -0.2) is 21.9 Å². The van der Waals surface area contributed by atoms with E-state index in [2.05, 4.69) is 37.3 Å². The molecule has 1 N–H and O–H groups in total. The van der Waals surface area contributed by atoms with Gasteiger partial charge in [0.25, 0.3) is 9.70 Å². The number of fused-ring (bicyclic) bond motifs is 5. The van der Waals surface area contributed by atoms with Gasteiger partial charge in [0.1, 0.15) is 18.5 Å². The predicted octanol–water partition coefficient (Wildman–Crippen LogP) is 7.11. The summed E-state index contributed by atoms with van der Waals surface area (Å²) < 4.78 is 9.58. The first kappa shape index (κ1) is 25.7. The van der Waals surface area contributed by atoms with Gasteiger partial charge in [0, 0.05) is 5.41 Å². The van der Waals surface area contributed by atoms with Gasteiger partial charge in [-0.25, -0.2) is 4.79 Å². The minimum atomic E-state index is -2.21. The minimum Gasteiger partial charge on any atom is -0.489 e. The van der Waals surface area contributed by atoms with Crippen molar-refractivity contribution in [1.82, 2.24) is 5.32 Å². The number of benzene rings is 2. The monoisotopic (exact) mass is 549 g/mol. The fraction of sp³-hybridized carbons (Fsp3) is 0.500. The summed E-state index contributed by atoms with van der Waals surface area (Å²) in [6.45, 7) is 2.79. The van der Waals surface area contributed by atoms with E-state index in [0.717, 1.165) is 49.8 Å². The highest BCUT2D eigenvalue weighted by Crippen LogP contribution is 2.61. The molecule has 0 spiro atoms. The summed E-state index contributed by atoms with van der Waals surface area (Å²) in [6, 6.07) is 16.8. The zero-order valence-electron chi connectivity index (χ0n) is 20.1. The van der Waals surface area contributed by atoms with Crippen LogP contribution in [0.1, 0.15) is 61.6 Å². The topological polar surface area (TPSA) is 64.6 Å². The molecule has 36 heavy (non-hydrogen) atoms. The molecule has 3 aliphatic rings. The molecule has 3 aliphatic carbocycles. The van der Waals surface area contributed by atoms with Gasteiger partial charge in [-0.3, -0.25) is 10.1 Å². The Balaban J connectivity index is 1.25. The third-order valence-corrected chi connectivity index (χ3v) is 9.10. The minimum absolute atomic E-state index is 0.127. The van der Waals surface area contributed by atoms with Gasteiger partial charge in [-0.1, -0.05) is 78.1 Å². The third kappa shape index (κ3) is 5.07. The largest absolute Gasteiger partial charge is 0.489 e. The van der Waals surface area contributed by atoms with E-state index in [1.165, 1.54) is 11.1 Å². The van der Waals surface area contributed by atoms with E-state index in [1.807, 2.05) is 23.5 Å². The molecule has 0 bridgehead atoms. The number of nitrogens with one attached hydrogen (secondary N) is 1. The van der Waals surface area contributed by atoms with Gasteiger partial charge in [-0.2, -0.15) is 0 Å².